The fraction of sp³-hybridized carbons (Fsp3) is 0.778. The van der Waals surface area contributed by atoms with Crippen LogP contribution in [0.2, 0.25) is 0 Å². The summed E-state index contributed by atoms with van der Waals surface area (Å²) in [7, 11) is 0. The highest BCUT2D eigenvalue weighted by Gasteiger charge is 2.23. The highest BCUT2D eigenvalue weighted by atomic mass is 15.2. The summed E-state index contributed by atoms with van der Waals surface area (Å²) in [6.45, 7) is 5.46. The normalized spacial score (nSPS) is 22.7. The zero-order valence-corrected chi connectivity index (χ0v) is 14.4. The maximum Gasteiger partial charge on any atom is 0.222 e. The lowest BCUT2D eigenvalue weighted by atomic mass is 10.0. The van der Waals surface area contributed by atoms with Crippen LogP contribution in [0.4, 0.5) is 11.8 Å². The SMILES string of the molecule is CCCc1cc(N2CCCC(NCC3CCCC3)C2)nc(N)n1. The molecule has 0 amide bonds. The fourth-order valence-corrected chi connectivity index (χ4v) is 3.95. The van der Waals surface area contributed by atoms with Gasteiger partial charge in [-0.1, -0.05) is 26.2 Å². The Morgan fingerprint density at radius 1 is 1.22 bits per heavy atom. The molecule has 0 aromatic carbocycles. The smallest absolute Gasteiger partial charge is 0.222 e. The summed E-state index contributed by atoms with van der Waals surface area (Å²) in [5.41, 5.74) is 6.97. The molecule has 1 atom stereocenters. The van der Waals surface area contributed by atoms with Crippen LogP contribution in [0.1, 0.15) is 57.6 Å². The Morgan fingerprint density at radius 2 is 2.04 bits per heavy atom. The lowest BCUT2D eigenvalue weighted by molar-refractivity contribution is 0.382. The van der Waals surface area contributed by atoms with Crippen LogP contribution in [0.5, 0.6) is 0 Å². The van der Waals surface area contributed by atoms with Gasteiger partial charge in [-0.05, 0) is 44.6 Å². The number of hydrogen-bond acceptors (Lipinski definition) is 5. The number of aryl methyl sites for hydroxylation is 1. The zero-order chi connectivity index (χ0) is 16.1. The number of rotatable bonds is 6. The van der Waals surface area contributed by atoms with Gasteiger partial charge in [0, 0.05) is 30.9 Å². The van der Waals surface area contributed by atoms with Crippen LogP contribution in [-0.4, -0.2) is 35.6 Å². The Kier molecular flexibility index (Phi) is 5.70. The predicted molar refractivity (Wildman–Crippen MR) is 95.6 cm³/mol. The van der Waals surface area contributed by atoms with Crippen molar-refractivity contribution in [1.29, 1.82) is 0 Å². The third kappa shape index (κ3) is 4.56. The molecule has 3 N–H and O–H groups in total. The molecular formula is C18H31N5. The summed E-state index contributed by atoms with van der Waals surface area (Å²) in [6, 6.07) is 2.70. The maximum absolute atomic E-state index is 5.91. The van der Waals surface area contributed by atoms with E-state index in [4.69, 9.17) is 5.73 Å². The summed E-state index contributed by atoms with van der Waals surface area (Å²) in [5.74, 6) is 2.32. The van der Waals surface area contributed by atoms with Gasteiger partial charge in [0.2, 0.25) is 5.95 Å². The van der Waals surface area contributed by atoms with Gasteiger partial charge < -0.3 is 16.0 Å². The summed E-state index contributed by atoms with van der Waals surface area (Å²) in [5, 5.41) is 3.80. The van der Waals surface area contributed by atoms with Gasteiger partial charge in [0.1, 0.15) is 5.82 Å². The third-order valence-corrected chi connectivity index (χ3v) is 5.20. The second kappa shape index (κ2) is 7.95. The molecule has 3 rings (SSSR count). The standard InChI is InChI=1S/C18H31N5/c1-2-6-15-11-17(22-18(19)21-15)23-10-5-9-16(13-23)20-12-14-7-3-4-8-14/h11,14,16,20H,2-10,12-13H2,1H3,(H2,19,21,22). The Morgan fingerprint density at radius 3 is 2.83 bits per heavy atom. The molecule has 1 aromatic rings. The van der Waals surface area contributed by atoms with Crippen molar-refractivity contribution in [3.8, 4) is 0 Å². The molecule has 1 saturated heterocycles. The molecule has 1 aliphatic heterocycles. The highest BCUT2D eigenvalue weighted by molar-refractivity contribution is 5.44. The summed E-state index contributed by atoms with van der Waals surface area (Å²) in [6.07, 6.45) is 10.2. The lowest BCUT2D eigenvalue weighted by Gasteiger charge is -2.34. The largest absolute Gasteiger partial charge is 0.368 e. The van der Waals surface area contributed by atoms with Gasteiger partial charge in [0.15, 0.2) is 0 Å². The van der Waals surface area contributed by atoms with Crippen molar-refractivity contribution in [2.45, 2.75) is 64.3 Å². The third-order valence-electron chi connectivity index (χ3n) is 5.20. The maximum atomic E-state index is 5.91. The first-order valence-electron chi connectivity index (χ1n) is 9.36. The average molecular weight is 317 g/mol. The van der Waals surface area contributed by atoms with E-state index in [1.807, 2.05) is 0 Å². The minimum Gasteiger partial charge on any atom is -0.368 e. The van der Waals surface area contributed by atoms with Gasteiger partial charge >= 0.3 is 0 Å². The van der Waals surface area contributed by atoms with Gasteiger partial charge in [-0.15, -0.1) is 0 Å². The fourth-order valence-electron chi connectivity index (χ4n) is 3.95. The van der Waals surface area contributed by atoms with Gasteiger partial charge in [-0.25, -0.2) is 4.98 Å². The first kappa shape index (κ1) is 16.5. The van der Waals surface area contributed by atoms with E-state index in [1.54, 1.807) is 0 Å². The lowest BCUT2D eigenvalue weighted by Crippen LogP contribution is -2.47. The Hall–Kier alpha value is -1.36. The molecule has 2 aliphatic rings. The van der Waals surface area contributed by atoms with Crippen molar-refractivity contribution in [1.82, 2.24) is 15.3 Å². The number of nitrogens with two attached hydrogens (primary N) is 1. The van der Waals surface area contributed by atoms with Crippen LogP contribution in [0.15, 0.2) is 6.07 Å². The Balaban J connectivity index is 1.59. The first-order valence-corrected chi connectivity index (χ1v) is 9.36. The molecule has 5 heteroatoms. The van der Waals surface area contributed by atoms with Gasteiger partial charge in [-0.2, -0.15) is 4.98 Å². The molecule has 128 valence electrons. The van der Waals surface area contributed by atoms with Gasteiger partial charge in [-0.3, -0.25) is 0 Å². The van der Waals surface area contributed by atoms with Crippen LogP contribution in [-0.2, 0) is 6.42 Å². The predicted octanol–water partition coefficient (Wildman–Crippen LogP) is 2.76. The van der Waals surface area contributed by atoms with E-state index < -0.39 is 0 Å². The van der Waals surface area contributed by atoms with E-state index in [0.717, 1.165) is 43.4 Å². The summed E-state index contributed by atoms with van der Waals surface area (Å²) >= 11 is 0. The number of aromatic nitrogens is 2. The molecule has 1 aliphatic carbocycles. The molecule has 1 saturated carbocycles. The number of hydrogen-bond donors (Lipinski definition) is 2. The van der Waals surface area contributed by atoms with E-state index in [1.165, 1.54) is 45.1 Å². The molecule has 1 unspecified atom stereocenters. The molecular weight excluding hydrogens is 286 g/mol. The second-order valence-corrected chi connectivity index (χ2v) is 7.17. The van der Waals surface area contributed by atoms with Crippen LogP contribution in [0.25, 0.3) is 0 Å². The van der Waals surface area contributed by atoms with Gasteiger partial charge in [0.25, 0.3) is 0 Å². The summed E-state index contributed by atoms with van der Waals surface area (Å²) < 4.78 is 0. The Labute approximate surface area is 140 Å². The number of nitrogens with zero attached hydrogens (tertiary/aromatic N) is 3. The summed E-state index contributed by atoms with van der Waals surface area (Å²) in [4.78, 5) is 11.2. The highest BCUT2D eigenvalue weighted by Crippen LogP contribution is 2.25. The molecule has 23 heavy (non-hydrogen) atoms. The quantitative estimate of drug-likeness (QED) is 0.844. The van der Waals surface area contributed by atoms with Crippen molar-refractivity contribution in [3.63, 3.8) is 0 Å². The second-order valence-electron chi connectivity index (χ2n) is 7.17. The first-order chi connectivity index (χ1) is 11.2. The van der Waals surface area contributed by atoms with Crippen molar-refractivity contribution in [3.05, 3.63) is 11.8 Å². The molecule has 0 bridgehead atoms. The van der Waals surface area contributed by atoms with Gasteiger partial charge in [0.05, 0.1) is 0 Å². The van der Waals surface area contributed by atoms with E-state index in [-0.39, 0.29) is 0 Å². The number of nitrogen functional groups attached to an aromatic ring is 1. The van der Waals surface area contributed by atoms with Crippen LogP contribution in [0.3, 0.4) is 0 Å². The molecule has 1 aromatic heterocycles. The van der Waals surface area contributed by atoms with Crippen molar-refractivity contribution < 1.29 is 0 Å². The van der Waals surface area contributed by atoms with Crippen molar-refractivity contribution >= 4 is 11.8 Å². The van der Waals surface area contributed by atoms with E-state index >= 15 is 0 Å². The monoisotopic (exact) mass is 317 g/mol. The average Bonchev–Trinajstić information content (AvgIpc) is 3.06. The van der Waals surface area contributed by atoms with Crippen LogP contribution >= 0.6 is 0 Å². The minimum absolute atomic E-state index is 0.409. The van der Waals surface area contributed by atoms with Crippen molar-refractivity contribution in [2.75, 3.05) is 30.3 Å². The van der Waals surface area contributed by atoms with Crippen LogP contribution < -0.4 is 16.0 Å². The molecule has 2 heterocycles. The van der Waals surface area contributed by atoms with E-state index in [0.29, 0.717) is 12.0 Å². The zero-order valence-electron chi connectivity index (χ0n) is 14.4. The minimum atomic E-state index is 0.409. The van der Waals surface area contributed by atoms with Crippen molar-refractivity contribution in [2.24, 2.45) is 5.92 Å². The number of nitrogens with one attached hydrogen (secondary N) is 1. The number of piperidine rings is 1. The molecule has 0 radical (unpaired) electrons. The Bertz CT molecular complexity index is 498. The molecule has 0 spiro atoms. The van der Waals surface area contributed by atoms with Crippen LogP contribution in [0, 0.1) is 5.92 Å². The number of anilines is 2. The van der Waals surface area contributed by atoms with E-state index in [9.17, 15) is 0 Å². The topological polar surface area (TPSA) is 67.1 Å². The molecule has 2 fully saturated rings. The molecule has 5 nitrogen and oxygen atoms in total. The van der Waals surface area contributed by atoms with E-state index in [2.05, 4.69) is 33.2 Å².